The molecular formula is C14H22BrN3O3. The first-order valence-electron chi connectivity index (χ1n) is 6.71. The van der Waals surface area contributed by atoms with Gasteiger partial charge < -0.3 is 20.4 Å². The number of hydrogen-bond acceptors (Lipinski definition) is 5. The second-order valence-electron chi connectivity index (χ2n) is 4.48. The second-order valence-corrected chi connectivity index (χ2v) is 5.40. The molecule has 0 bridgehead atoms. The van der Waals surface area contributed by atoms with Crippen LogP contribution < -0.4 is 10.5 Å². The Kier molecular flexibility index (Phi) is 8.80. The van der Waals surface area contributed by atoms with Crippen molar-refractivity contribution >= 4 is 21.8 Å². The number of nitrogens with zero attached hydrogens (tertiary/aromatic N) is 2. The molecule has 0 saturated carbocycles. The van der Waals surface area contributed by atoms with Gasteiger partial charge in [0, 0.05) is 37.6 Å². The Bertz CT molecular complexity index is 443. The minimum atomic E-state index is 0.227. The van der Waals surface area contributed by atoms with Gasteiger partial charge in [0.05, 0.1) is 6.61 Å². The molecule has 0 aliphatic rings. The summed E-state index contributed by atoms with van der Waals surface area (Å²) in [5.41, 5.74) is 5.49. The van der Waals surface area contributed by atoms with Gasteiger partial charge in [0.15, 0.2) is 0 Å². The fourth-order valence-electron chi connectivity index (χ4n) is 1.73. The van der Waals surface area contributed by atoms with E-state index in [1.165, 1.54) is 0 Å². The standard InChI is InChI=1S/C14H22BrN3O3/c1-20-9-7-18(6-5-14(16)17-19)8-10-21-13-4-2-3-12(15)11-13/h2-4,11,19H,5-10H2,1H3,(H2,16,17). The molecule has 0 unspecified atom stereocenters. The third kappa shape index (κ3) is 7.89. The van der Waals surface area contributed by atoms with Gasteiger partial charge in [0.25, 0.3) is 0 Å². The zero-order valence-corrected chi connectivity index (χ0v) is 13.8. The molecule has 0 aliphatic heterocycles. The van der Waals surface area contributed by atoms with Gasteiger partial charge in [-0.1, -0.05) is 27.2 Å². The minimum absolute atomic E-state index is 0.227. The SMILES string of the molecule is COCCN(CCOc1cccc(Br)c1)CCC(N)=NO. The molecule has 6 nitrogen and oxygen atoms in total. The number of oxime groups is 1. The zero-order valence-electron chi connectivity index (χ0n) is 12.2. The van der Waals surface area contributed by atoms with E-state index in [9.17, 15) is 0 Å². The highest BCUT2D eigenvalue weighted by atomic mass is 79.9. The monoisotopic (exact) mass is 359 g/mol. The predicted octanol–water partition coefficient (Wildman–Crippen LogP) is 1.91. The van der Waals surface area contributed by atoms with Crippen molar-refractivity contribution in [1.82, 2.24) is 4.90 Å². The molecule has 0 amide bonds. The van der Waals surface area contributed by atoms with E-state index in [4.69, 9.17) is 20.4 Å². The Morgan fingerprint density at radius 3 is 2.76 bits per heavy atom. The van der Waals surface area contributed by atoms with Gasteiger partial charge in [-0.05, 0) is 18.2 Å². The number of ether oxygens (including phenoxy) is 2. The van der Waals surface area contributed by atoms with Crippen molar-refractivity contribution in [3.63, 3.8) is 0 Å². The average molecular weight is 360 g/mol. The number of nitrogens with two attached hydrogens (primary N) is 1. The maximum Gasteiger partial charge on any atom is 0.140 e. The van der Waals surface area contributed by atoms with Crippen LogP contribution in [0.2, 0.25) is 0 Å². The Morgan fingerprint density at radius 2 is 2.10 bits per heavy atom. The smallest absolute Gasteiger partial charge is 0.140 e. The Morgan fingerprint density at radius 1 is 1.33 bits per heavy atom. The summed E-state index contributed by atoms with van der Waals surface area (Å²) < 4.78 is 11.8. The lowest BCUT2D eigenvalue weighted by Gasteiger charge is -2.21. The molecule has 0 radical (unpaired) electrons. The molecule has 0 heterocycles. The predicted molar refractivity (Wildman–Crippen MR) is 86.0 cm³/mol. The maximum absolute atomic E-state index is 8.57. The summed E-state index contributed by atoms with van der Waals surface area (Å²) in [5, 5.41) is 11.5. The van der Waals surface area contributed by atoms with Crippen molar-refractivity contribution in [2.24, 2.45) is 10.9 Å². The van der Waals surface area contributed by atoms with Crippen molar-refractivity contribution < 1.29 is 14.7 Å². The van der Waals surface area contributed by atoms with E-state index in [1.54, 1.807) is 7.11 Å². The van der Waals surface area contributed by atoms with Gasteiger partial charge in [-0.25, -0.2) is 0 Å². The number of amidine groups is 1. The van der Waals surface area contributed by atoms with Gasteiger partial charge in [0.1, 0.15) is 18.2 Å². The second kappa shape index (κ2) is 10.4. The topological polar surface area (TPSA) is 80.3 Å². The summed E-state index contributed by atoms with van der Waals surface area (Å²) in [7, 11) is 1.67. The van der Waals surface area contributed by atoms with E-state index in [0.29, 0.717) is 26.2 Å². The van der Waals surface area contributed by atoms with Crippen molar-refractivity contribution in [2.45, 2.75) is 6.42 Å². The van der Waals surface area contributed by atoms with Crippen LogP contribution in [0.4, 0.5) is 0 Å². The Labute approximate surface area is 133 Å². The molecule has 0 fully saturated rings. The lowest BCUT2D eigenvalue weighted by molar-refractivity contribution is 0.136. The number of benzene rings is 1. The van der Waals surface area contributed by atoms with E-state index >= 15 is 0 Å². The molecule has 0 aromatic heterocycles. The molecule has 3 N–H and O–H groups in total. The highest BCUT2D eigenvalue weighted by molar-refractivity contribution is 9.10. The summed E-state index contributed by atoms with van der Waals surface area (Å²) in [6.45, 7) is 3.41. The fourth-order valence-corrected chi connectivity index (χ4v) is 2.11. The largest absolute Gasteiger partial charge is 0.492 e. The number of halogens is 1. The third-order valence-corrected chi connectivity index (χ3v) is 3.39. The molecule has 1 rings (SSSR count). The number of hydrogen-bond donors (Lipinski definition) is 2. The molecule has 0 saturated heterocycles. The molecule has 7 heteroatoms. The van der Waals surface area contributed by atoms with Gasteiger partial charge >= 0.3 is 0 Å². The molecule has 21 heavy (non-hydrogen) atoms. The Balaban J connectivity index is 2.37. The van der Waals surface area contributed by atoms with Gasteiger partial charge in [-0.2, -0.15) is 0 Å². The first kappa shape index (κ1) is 17.7. The third-order valence-electron chi connectivity index (χ3n) is 2.90. The number of rotatable bonds is 10. The zero-order chi connectivity index (χ0) is 15.5. The van der Waals surface area contributed by atoms with E-state index in [1.807, 2.05) is 24.3 Å². The van der Waals surface area contributed by atoms with E-state index in [2.05, 4.69) is 26.0 Å². The lowest BCUT2D eigenvalue weighted by atomic mass is 10.3. The molecule has 0 atom stereocenters. The van der Waals surface area contributed by atoms with E-state index < -0.39 is 0 Å². The van der Waals surface area contributed by atoms with Crippen LogP contribution in [-0.4, -0.2) is 55.9 Å². The molecule has 0 spiro atoms. The van der Waals surface area contributed by atoms with E-state index in [0.717, 1.165) is 23.3 Å². The van der Waals surface area contributed by atoms with Crippen molar-refractivity contribution in [3.8, 4) is 5.75 Å². The highest BCUT2D eigenvalue weighted by Crippen LogP contribution is 2.17. The summed E-state index contributed by atoms with van der Waals surface area (Å²) in [6, 6.07) is 7.73. The highest BCUT2D eigenvalue weighted by Gasteiger charge is 2.06. The van der Waals surface area contributed by atoms with Crippen molar-refractivity contribution in [1.29, 1.82) is 0 Å². The fraction of sp³-hybridized carbons (Fsp3) is 0.500. The Hall–Kier alpha value is -1.31. The van der Waals surface area contributed by atoms with Crippen LogP contribution in [0, 0.1) is 0 Å². The van der Waals surface area contributed by atoms with Crippen LogP contribution in [-0.2, 0) is 4.74 Å². The van der Waals surface area contributed by atoms with Crippen LogP contribution in [0.25, 0.3) is 0 Å². The lowest BCUT2D eigenvalue weighted by Crippen LogP contribution is -2.34. The first-order chi connectivity index (χ1) is 10.2. The summed E-state index contributed by atoms with van der Waals surface area (Å²) in [4.78, 5) is 2.15. The van der Waals surface area contributed by atoms with Gasteiger partial charge in [-0.15, -0.1) is 0 Å². The van der Waals surface area contributed by atoms with Crippen molar-refractivity contribution in [2.75, 3.05) is 40.0 Å². The molecule has 0 aliphatic carbocycles. The molecule has 1 aromatic carbocycles. The van der Waals surface area contributed by atoms with Crippen LogP contribution in [0.15, 0.2) is 33.9 Å². The molecule has 1 aromatic rings. The number of methoxy groups -OCH3 is 1. The maximum atomic E-state index is 8.57. The van der Waals surface area contributed by atoms with E-state index in [-0.39, 0.29) is 5.84 Å². The van der Waals surface area contributed by atoms with Crippen LogP contribution in [0.3, 0.4) is 0 Å². The first-order valence-corrected chi connectivity index (χ1v) is 7.51. The quantitative estimate of drug-likeness (QED) is 0.288. The van der Waals surface area contributed by atoms with Gasteiger partial charge in [0.2, 0.25) is 0 Å². The average Bonchev–Trinajstić information content (AvgIpc) is 2.49. The summed E-state index contributed by atoms with van der Waals surface area (Å²) in [5.74, 6) is 1.05. The van der Waals surface area contributed by atoms with Crippen molar-refractivity contribution in [3.05, 3.63) is 28.7 Å². The normalized spacial score (nSPS) is 11.9. The van der Waals surface area contributed by atoms with Gasteiger partial charge in [-0.3, -0.25) is 4.90 Å². The minimum Gasteiger partial charge on any atom is -0.492 e. The molecular weight excluding hydrogens is 338 g/mol. The van der Waals surface area contributed by atoms with Crippen LogP contribution in [0.1, 0.15) is 6.42 Å². The molecule has 118 valence electrons. The summed E-state index contributed by atoms with van der Waals surface area (Å²) >= 11 is 3.41. The van der Waals surface area contributed by atoms with Crippen LogP contribution >= 0.6 is 15.9 Å². The summed E-state index contributed by atoms with van der Waals surface area (Å²) in [6.07, 6.45) is 0.511. The van der Waals surface area contributed by atoms with Crippen LogP contribution in [0.5, 0.6) is 5.75 Å².